The van der Waals surface area contributed by atoms with Gasteiger partial charge >= 0.3 is 18.0 Å². The number of nitrogens with zero attached hydrogens (tertiary/aromatic N) is 3. The molecule has 1 amide bonds. The van der Waals surface area contributed by atoms with E-state index >= 15 is 4.39 Å². The number of aromatic nitrogens is 3. The summed E-state index contributed by atoms with van der Waals surface area (Å²) in [6.07, 6.45) is -1.77. The maximum absolute atomic E-state index is 15.4. The van der Waals surface area contributed by atoms with Crippen molar-refractivity contribution in [3.8, 4) is 11.4 Å². The maximum Gasteiger partial charge on any atom is 0.350 e. The van der Waals surface area contributed by atoms with Crippen LogP contribution in [0.4, 0.5) is 27.6 Å². The zero-order valence-corrected chi connectivity index (χ0v) is 22.7. The maximum atomic E-state index is 15.4. The van der Waals surface area contributed by atoms with Gasteiger partial charge in [-0.2, -0.15) is 9.07 Å². The summed E-state index contributed by atoms with van der Waals surface area (Å²) in [5.74, 6) is -7.82. The Kier molecular flexibility index (Phi) is 9.34. The number of nitrogens with one attached hydrogen (secondary N) is 1. The Bertz CT molecular complexity index is 1450. The Morgan fingerprint density at radius 1 is 1.27 bits per heavy atom. The summed E-state index contributed by atoms with van der Waals surface area (Å²) in [5, 5.41) is 6.00. The van der Waals surface area contributed by atoms with Crippen LogP contribution < -0.4 is 15.7 Å². The Hall–Kier alpha value is -3.49. The smallest absolute Gasteiger partial charge is 0.350 e. The van der Waals surface area contributed by atoms with Gasteiger partial charge in [0.25, 0.3) is 5.91 Å². The summed E-state index contributed by atoms with van der Waals surface area (Å²) in [4.78, 5) is 26.1. The molecular weight excluding hydrogens is 579 g/mol. The second-order valence-corrected chi connectivity index (χ2v) is 9.61. The molecule has 2 atom stereocenters. The van der Waals surface area contributed by atoms with Gasteiger partial charge in [-0.3, -0.25) is 9.36 Å². The first kappa shape index (κ1) is 30.5. The van der Waals surface area contributed by atoms with Crippen molar-refractivity contribution in [2.24, 2.45) is 0 Å². The van der Waals surface area contributed by atoms with E-state index < -0.39 is 64.5 Å². The van der Waals surface area contributed by atoms with Gasteiger partial charge in [-0.25, -0.2) is 22.4 Å². The van der Waals surface area contributed by atoms with Crippen LogP contribution in [0.5, 0.6) is 5.75 Å². The zero-order valence-electron chi connectivity index (χ0n) is 21.9. The zero-order chi connectivity index (χ0) is 29.9. The van der Waals surface area contributed by atoms with Crippen molar-refractivity contribution >= 4 is 23.2 Å². The first-order valence-corrected chi connectivity index (χ1v) is 13.0. The molecule has 15 heteroatoms. The van der Waals surface area contributed by atoms with Gasteiger partial charge in [0.05, 0.1) is 16.3 Å². The van der Waals surface area contributed by atoms with Crippen LogP contribution >= 0.6 is 11.6 Å². The second kappa shape index (κ2) is 12.6. The molecule has 2 unspecified atom stereocenters. The van der Waals surface area contributed by atoms with Crippen LogP contribution in [0.1, 0.15) is 49.3 Å². The molecule has 1 fully saturated rings. The molecule has 1 saturated heterocycles. The van der Waals surface area contributed by atoms with Crippen molar-refractivity contribution < 1.29 is 41.0 Å². The van der Waals surface area contributed by atoms with Gasteiger partial charge in [-0.1, -0.05) is 17.7 Å². The summed E-state index contributed by atoms with van der Waals surface area (Å²) in [5.41, 5.74) is -2.72. The molecule has 0 aliphatic carbocycles. The van der Waals surface area contributed by atoms with Crippen molar-refractivity contribution in [1.29, 1.82) is 0 Å². The summed E-state index contributed by atoms with van der Waals surface area (Å²) < 4.78 is 88.8. The number of hydrogen-bond acceptors (Lipinski definition) is 6. The summed E-state index contributed by atoms with van der Waals surface area (Å²) in [6, 6.07) is 4.71. The van der Waals surface area contributed by atoms with Gasteiger partial charge in [-0.15, -0.1) is 5.10 Å². The number of alkyl halides is 3. The molecule has 41 heavy (non-hydrogen) atoms. The number of hydrogen-bond donors (Lipinski definition) is 1. The highest BCUT2D eigenvalue weighted by atomic mass is 35.5. The normalized spacial score (nSPS) is 17.0. The van der Waals surface area contributed by atoms with Crippen molar-refractivity contribution in [1.82, 2.24) is 14.3 Å². The molecule has 1 aliphatic heterocycles. The van der Waals surface area contributed by atoms with E-state index in [0.717, 1.165) is 18.9 Å². The Morgan fingerprint density at radius 2 is 2.02 bits per heavy atom. The van der Waals surface area contributed by atoms with Crippen molar-refractivity contribution in [2.75, 3.05) is 11.9 Å². The third-order valence-corrected chi connectivity index (χ3v) is 6.53. The lowest BCUT2D eigenvalue weighted by atomic mass is 10.1. The number of rotatable bonds is 10. The van der Waals surface area contributed by atoms with E-state index in [9.17, 15) is 27.2 Å². The Balaban J connectivity index is 1.75. The van der Waals surface area contributed by atoms with E-state index in [1.54, 1.807) is 6.92 Å². The topological polar surface area (TPSA) is 96.6 Å². The first-order valence-electron chi connectivity index (χ1n) is 12.6. The molecule has 0 saturated carbocycles. The minimum atomic E-state index is -3.68. The summed E-state index contributed by atoms with van der Waals surface area (Å²) >= 11 is 5.92. The predicted octanol–water partition coefficient (Wildman–Crippen LogP) is 5.61. The van der Waals surface area contributed by atoms with Crippen molar-refractivity contribution in [3.63, 3.8) is 0 Å². The van der Waals surface area contributed by atoms with E-state index in [4.69, 9.17) is 25.8 Å². The van der Waals surface area contributed by atoms with Gasteiger partial charge in [0.2, 0.25) is 0 Å². The molecule has 0 radical (unpaired) electrons. The van der Waals surface area contributed by atoms with Crippen LogP contribution in [0.25, 0.3) is 5.69 Å². The molecule has 3 aromatic rings. The largest absolute Gasteiger partial charge is 0.452 e. The SMILES string of the molecule is CCn1c(COC2CCCCO2)nn(-c2cc(OC(C)(F)C(F)F)c(C(=O)Nc3c(F)cccc3Cl)cc2F)c1=O. The van der Waals surface area contributed by atoms with Crippen LogP contribution in [0.15, 0.2) is 35.1 Å². The molecule has 9 nitrogen and oxygen atoms in total. The number of carbonyl (C=O) groups is 1. The third-order valence-electron chi connectivity index (χ3n) is 6.21. The highest BCUT2D eigenvalue weighted by Gasteiger charge is 2.39. The van der Waals surface area contributed by atoms with Gasteiger partial charge in [-0.05, 0) is 44.4 Å². The first-order chi connectivity index (χ1) is 19.4. The van der Waals surface area contributed by atoms with Crippen LogP contribution in [0, 0.1) is 11.6 Å². The second-order valence-electron chi connectivity index (χ2n) is 9.20. The average molecular weight is 605 g/mol. The molecule has 0 bridgehead atoms. The van der Waals surface area contributed by atoms with Gasteiger partial charge < -0.3 is 19.5 Å². The lowest BCUT2D eigenvalue weighted by Crippen LogP contribution is -2.36. The van der Waals surface area contributed by atoms with E-state index in [0.29, 0.717) is 36.8 Å². The number of para-hydroxylation sites is 1. The molecule has 4 rings (SSSR count). The van der Waals surface area contributed by atoms with Gasteiger partial charge in [0.15, 0.2) is 12.1 Å². The van der Waals surface area contributed by atoms with Gasteiger partial charge in [0, 0.05) is 26.1 Å². The van der Waals surface area contributed by atoms with E-state index in [2.05, 4.69) is 10.4 Å². The minimum absolute atomic E-state index is 0.104. The summed E-state index contributed by atoms with van der Waals surface area (Å²) in [6.45, 7) is 2.51. The summed E-state index contributed by atoms with van der Waals surface area (Å²) in [7, 11) is 0. The van der Waals surface area contributed by atoms with Crippen molar-refractivity contribution in [3.05, 3.63) is 68.9 Å². The van der Waals surface area contributed by atoms with Gasteiger partial charge in [0.1, 0.15) is 29.7 Å². The molecule has 1 aliphatic rings. The standard InChI is InChI=1S/C26H26ClF5N4O5/c1-3-35-20(13-40-21-9-4-5-10-39-21)34-36(25(35)38)18-12-19(41-26(2,32)24(30)31)14(11-17(18)29)23(37)33-22-15(27)7-6-8-16(22)28/h6-8,11-12,21,24H,3-5,9-10,13H2,1-2H3,(H,33,37). The quantitative estimate of drug-likeness (QED) is 0.302. The third kappa shape index (κ3) is 6.71. The molecule has 0 spiro atoms. The lowest BCUT2D eigenvalue weighted by molar-refractivity contribution is -0.170. The fraction of sp³-hybridized carbons (Fsp3) is 0.423. The van der Waals surface area contributed by atoms with Crippen LogP contribution in [-0.2, 0) is 22.6 Å². The molecule has 2 heterocycles. The fourth-order valence-corrected chi connectivity index (χ4v) is 4.26. The number of halogens is 6. The molecule has 1 aromatic heterocycles. The molecule has 2 aromatic carbocycles. The van der Waals surface area contributed by atoms with Crippen LogP contribution in [0.2, 0.25) is 5.02 Å². The van der Waals surface area contributed by atoms with Crippen LogP contribution in [-0.4, -0.2) is 45.4 Å². The average Bonchev–Trinajstić information content (AvgIpc) is 3.25. The number of anilines is 1. The Morgan fingerprint density at radius 3 is 2.66 bits per heavy atom. The molecule has 222 valence electrons. The van der Waals surface area contributed by atoms with E-state index in [1.807, 2.05) is 0 Å². The monoisotopic (exact) mass is 604 g/mol. The number of ether oxygens (including phenoxy) is 3. The lowest BCUT2D eigenvalue weighted by Gasteiger charge is -2.23. The number of benzene rings is 2. The van der Waals surface area contributed by atoms with Crippen molar-refractivity contribution in [2.45, 2.75) is 64.8 Å². The van der Waals surface area contributed by atoms with E-state index in [1.165, 1.54) is 16.7 Å². The number of amides is 1. The molecular formula is C26H26ClF5N4O5. The predicted molar refractivity (Wildman–Crippen MR) is 137 cm³/mol. The highest BCUT2D eigenvalue weighted by Crippen LogP contribution is 2.33. The highest BCUT2D eigenvalue weighted by molar-refractivity contribution is 6.34. The van der Waals surface area contributed by atoms with E-state index in [-0.39, 0.29) is 24.0 Å². The Labute approximate surface area is 235 Å². The number of carbonyl (C=O) groups excluding carboxylic acids is 1. The molecule has 1 N–H and O–H groups in total. The fourth-order valence-electron chi connectivity index (χ4n) is 4.05. The van der Waals surface area contributed by atoms with Crippen LogP contribution in [0.3, 0.4) is 0 Å². The minimum Gasteiger partial charge on any atom is -0.452 e.